The third-order valence-electron chi connectivity index (χ3n) is 5.82. The number of hydrogen-bond donors (Lipinski definition) is 4. The second-order valence-electron chi connectivity index (χ2n) is 7.78. The highest BCUT2D eigenvalue weighted by molar-refractivity contribution is 5.88. The second-order valence-corrected chi connectivity index (χ2v) is 7.78. The molecule has 8 nitrogen and oxygen atoms in total. The Labute approximate surface area is 169 Å². The molecule has 0 radical (unpaired) electrons. The number of rotatable bonds is 10. The Morgan fingerprint density at radius 2 is 1.72 bits per heavy atom. The fourth-order valence-corrected chi connectivity index (χ4v) is 4.43. The fourth-order valence-electron chi connectivity index (χ4n) is 4.43. The molecule has 0 spiro atoms. The summed E-state index contributed by atoms with van der Waals surface area (Å²) in [5.74, 6) is -0.179. The van der Waals surface area contributed by atoms with Crippen molar-refractivity contribution in [2.45, 2.75) is 50.1 Å². The molecule has 1 aromatic carbocycles. The van der Waals surface area contributed by atoms with Crippen molar-refractivity contribution in [3.05, 3.63) is 42.5 Å². The molecule has 3 fully saturated rings. The Hall–Kier alpha value is -2.42. The van der Waals surface area contributed by atoms with E-state index < -0.39 is 5.97 Å². The van der Waals surface area contributed by atoms with E-state index in [1.807, 2.05) is 30.3 Å². The largest absolute Gasteiger partial charge is 0.481 e. The molecule has 6 atom stereocenters. The first kappa shape index (κ1) is 19.9. The Balaban J connectivity index is 1.23. The maximum Gasteiger partial charge on any atom is 0.333 e. The number of ether oxygens (including phenoxy) is 2. The lowest BCUT2D eigenvalue weighted by Crippen LogP contribution is -2.47. The first-order chi connectivity index (χ1) is 14.1. The maximum atomic E-state index is 12.0. The van der Waals surface area contributed by atoms with E-state index in [0.717, 1.165) is 18.5 Å². The lowest BCUT2D eigenvalue weighted by molar-refractivity contribution is -0.137. The number of allylic oxidation sites excluding steroid dienone is 2. The normalized spacial score (nSPS) is 31.6. The molecule has 2 amide bonds. The molecule has 3 heterocycles. The number of hydrazine groups is 1. The zero-order valence-electron chi connectivity index (χ0n) is 16.1. The molecule has 156 valence electrons. The molecule has 1 aromatic rings. The molecule has 3 aliphatic rings. The summed E-state index contributed by atoms with van der Waals surface area (Å²) in [5, 5.41) is 11.5. The van der Waals surface area contributed by atoms with Crippen LogP contribution in [0.5, 0.6) is 0 Å². The van der Waals surface area contributed by atoms with Crippen molar-refractivity contribution in [1.29, 1.82) is 0 Å². The molecule has 2 bridgehead atoms. The van der Waals surface area contributed by atoms with Crippen LogP contribution in [0.1, 0.15) is 25.7 Å². The molecule has 0 aliphatic carbocycles. The number of hydrogen-bond acceptors (Lipinski definition) is 5. The molecule has 3 saturated heterocycles. The van der Waals surface area contributed by atoms with Gasteiger partial charge in [-0.3, -0.25) is 10.2 Å². The predicted octanol–water partition coefficient (Wildman–Crippen LogP) is 2.29. The van der Waals surface area contributed by atoms with Gasteiger partial charge in [-0.05, 0) is 37.3 Å². The van der Waals surface area contributed by atoms with Crippen LogP contribution in [0.3, 0.4) is 0 Å². The van der Waals surface area contributed by atoms with Crippen LogP contribution in [0, 0.1) is 11.8 Å². The minimum Gasteiger partial charge on any atom is -0.481 e. The van der Waals surface area contributed by atoms with E-state index >= 15 is 0 Å². The molecule has 0 saturated carbocycles. The van der Waals surface area contributed by atoms with Gasteiger partial charge in [0.15, 0.2) is 0 Å². The average Bonchev–Trinajstić information content (AvgIpc) is 3.33. The Morgan fingerprint density at radius 3 is 2.48 bits per heavy atom. The Kier molecular flexibility index (Phi) is 6.13. The maximum absolute atomic E-state index is 12.0. The SMILES string of the molecule is O=C(O)CCC/C=C\C[C@H]1[C@@H](CNNC(=O)Nc2ccccc2)[C@@H]2O[C@H]1[C@@H]1O[C@@H]12. The van der Waals surface area contributed by atoms with E-state index in [4.69, 9.17) is 14.6 Å². The highest BCUT2D eigenvalue weighted by atomic mass is 16.7. The van der Waals surface area contributed by atoms with Crippen LogP contribution < -0.4 is 16.2 Å². The minimum atomic E-state index is -0.758. The molecule has 0 aromatic heterocycles. The number of carboxylic acid groups (broad SMARTS) is 1. The van der Waals surface area contributed by atoms with Crippen LogP contribution in [0.4, 0.5) is 10.5 Å². The number of benzene rings is 1. The second kappa shape index (κ2) is 8.94. The van der Waals surface area contributed by atoms with Gasteiger partial charge in [0.05, 0.1) is 12.2 Å². The number of aliphatic carboxylic acids is 1. The fraction of sp³-hybridized carbons (Fsp3) is 0.524. The molecule has 8 heteroatoms. The van der Waals surface area contributed by atoms with Crippen molar-refractivity contribution in [1.82, 2.24) is 10.9 Å². The van der Waals surface area contributed by atoms with E-state index in [0.29, 0.717) is 18.9 Å². The first-order valence-electron chi connectivity index (χ1n) is 10.2. The number of para-hydroxylation sites is 1. The molecule has 4 rings (SSSR count). The average molecular weight is 401 g/mol. The van der Waals surface area contributed by atoms with Gasteiger partial charge in [-0.25, -0.2) is 10.2 Å². The van der Waals surface area contributed by atoms with Gasteiger partial charge in [-0.15, -0.1) is 0 Å². The van der Waals surface area contributed by atoms with Gasteiger partial charge >= 0.3 is 12.0 Å². The van der Waals surface area contributed by atoms with E-state index in [1.165, 1.54) is 0 Å². The van der Waals surface area contributed by atoms with Crippen molar-refractivity contribution < 1.29 is 24.2 Å². The number of unbranched alkanes of at least 4 members (excludes halogenated alkanes) is 1. The van der Waals surface area contributed by atoms with Crippen molar-refractivity contribution in [2.24, 2.45) is 11.8 Å². The van der Waals surface area contributed by atoms with Gasteiger partial charge in [-0.2, -0.15) is 0 Å². The first-order valence-corrected chi connectivity index (χ1v) is 10.2. The number of fused-ring (bicyclic) bond motifs is 5. The highest BCUT2D eigenvalue weighted by Crippen LogP contribution is 2.54. The van der Waals surface area contributed by atoms with Gasteiger partial charge in [0, 0.05) is 24.6 Å². The van der Waals surface area contributed by atoms with Crippen LogP contribution in [-0.4, -0.2) is 48.1 Å². The summed E-state index contributed by atoms with van der Waals surface area (Å²) in [6.07, 6.45) is 7.24. The predicted molar refractivity (Wildman–Crippen MR) is 106 cm³/mol. The number of amides is 2. The van der Waals surface area contributed by atoms with Gasteiger partial charge in [0.1, 0.15) is 12.2 Å². The van der Waals surface area contributed by atoms with Crippen LogP contribution in [-0.2, 0) is 14.3 Å². The third-order valence-corrected chi connectivity index (χ3v) is 5.82. The van der Waals surface area contributed by atoms with Crippen molar-refractivity contribution in [2.75, 3.05) is 11.9 Å². The van der Waals surface area contributed by atoms with Crippen molar-refractivity contribution in [3.8, 4) is 0 Å². The van der Waals surface area contributed by atoms with Gasteiger partial charge < -0.3 is 19.9 Å². The third kappa shape index (κ3) is 4.77. The smallest absolute Gasteiger partial charge is 0.333 e. The zero-order valence-corrected chi connectivity index (χ0v) is 16.1. The summed E-state index contributed by atoms with van der Waals surface area (Å²) in [6.45, 7) is 0.605. The van der Waals surface area contributed by atoms with Crippen LogP contribution in [0.2, 0.25) is 0 Å². The number of urea groups is 1. The summed E-state index contributed by atoms with van der Waals surface area (Å²) in [6, 6.07) is 8.96. The molecular formula is C21H27N3O5. The van der Waals surface area contributed by atoms with Crippen LogP contribution in [0.25, 0.3) is 0 Å². The standard InChI is InChI=1S/C21H27N3O5/c25-16(26)11-7-2-1-6-10-14-15(18-20-19(29-20)17(14)28-18)12-22-24-21(27)23-13-8-4-3-5-9-13/h1,3-6,8-9,14-15,17-20,22H,2,7,10-12H2,(H,25,26)(H2,23,24,27)/b6-1-/t14-,15+,17+,18-,19-,20+/m0/s1. The summed E-state index contributed by atoms with van der Waals surface area (Å²) in [4.78, 5) is 22.6. The monoisotopic (exact) mass is 401 g/mol. The Morgan fingerprint density at radius 1 is 1.00 bits per heavy atom. The van der Waals surface area contributed by atoms with Gasteiger partial charge in [0.2, 0.25) is 0 Å². The van der Waals surface area contributed by atoms with Gasteiger partial charge in [-0.1, -0.05) is 30.4 Å². The quantitative estimate of drug-likeness (QED) is 0.207. The molecular weight excluding hydrogens is 374 g/mol. The number of epoxide rings is 1. The number of nitrogens with one attached hydrogen (secondary N) is 3. The zero-order chi connectivity index (χ0) is 20.2. The van der Waals surface area contributed by atoms with Crippen molar-refractivity contribution in [3.63, 3.8) is 0 Å². The van der Waals surface area contributed by atoms with E-state index in [-0.39, 0.29) is 42.8 Å². The molecule has 3 aliphatic heterocycles. The van der Waals surface area contributed by atoms with E-state index in [9.17, 15) is 9.59 Å². The molecule has 29 heavy (non-hydrogen) atoms. The number of carboxylic acids is 1. The summed E-state index contributed by atoms with van der Waals surface area (Å²) >= 11 is 0. The minimum absolute atomic E-state index is 0.0712. The van der Waals surface area contributed by atoms with Crippen LogP contribution in [0.15, 0.2) is 42.5 Å². The topological polar surface area (TPSA) is 112 Å². The molecule has 0 unspecified atom stereocenters. The van der Waals surface area contributed by atoms with E-state index in [1.54, 1.807) is 0 Å². The van der Waals surface area contributed by atoms with Gasteiger partial charge in [0.25, 0.3) is 0 Å². The van der Waals surface area contributed by atoms with E-state index in [2.05, 4.69) is 28.3 Å². The lowest BCUT2D eigenvalue weighted by Gasteiger charge is -2.25. The number of anilines is 1. The summed E-state index contributed by atoms with van der Waals surface area (Å²) < 4.78 is 11.9. The highest BCUT2D eigenvalue weighted by Gasteiger charge is 2.68. The Bertz CT molecular complexity index is 756. The van der Waals surface area contributed by atoms with Crippen LogP contribution >= 0.6 is 0 Å². The molecule has 4 N–H and O–H groups in total. The summed E-state index contributed by atoms with van der Waals surface area (Å²) in [7, 11) is 0. The lowest BCUT2D eigenvalue weighted by atomic mass is 9.77. The summed E-state index contributed by atoms with van der Waals surface area (Å²) in [5.41, 5.74) is 6.46. The number of carbonyl (C=O) groups excluding carboxylic acids is 1. The van der Waals surface area contributed by atoms with Crippen molar-refractivity contribution >= 4 is 17.7 Å². The number of carbonyl (C=O) groups is 2.